The minimum atomic E-state index is -0.928. The first kappa shape index (κ1) is 20.3. The number of hydrogen-bond acceptors (Lipinski definition) is 3. The Balaban J connectivity index is 1.50. The predicted molar refractivity (Wildman–Crippen MR) is 107 cm³/mol. The molecule has 0 aliphatic carbocycles. The van der Waals surface area contributed by atoms with Crippen LogP contribution in [0.25, 0.3) is 0 Å². The SMILES string of the molecule is Cc1ccc(O)c(C(=O)N2CC[C@@]3(CCCN(Cc4ccc(F)c(F)c4)C3=O)C2)c1. The van der Waals surface area contributed by atoms with Gasteiger partial charge in [-0.15, -0.1) is 0 Å². The van der Waals surface area contributed by atoms with E-state index in [9.17, 15) is 23.5 Å². The van der Waals surface area contributed by atoms with Crippen LogP contribution >= 0.6 is 0 Å². The number of rotatable bonds is 3. The third kappa shape index (κ3) is 3.64. The largest absolute Gasteiger partial charge is 0.507 e. The van der Waals surface area contributed by atoms with Crippen LogP contribution in [0.3, 0.4) is 0 Å². The highest BCUT2D eigenvalue weighted by atomic mass is 19.2. The van der Waals surface area contributed by atoms with E-state index in [2.05, 4.69) is 0 Å². The lowest BCUT2D eigenvalue weighted by Gasteiger charge is -2.39. The molecule has 5 nitrogen and oxygen atoms in total. The van der Waals surface area contributed by atoms with Gasteiger partial charge < -0.3 is 14.9 Å². The summed E-state index contributed by atoms with van der Waals surface area (Å²) < 4.78 is 26.7. The maximum Gasteiger partial charge on any atom is 0.257 e. The zero-order chi connectivity index (χ0) is 21.5. The highest BCUT2D eigenvalue weighted by Crippen LogP contribution is 2.41. The van der Waals surface area contributed by atoms with Gasteiger partial charge in [0.1, 0.15) is 5.75 Å². The summed E-state index contributed by atoms with van der Waals surface area (Å²) in [4.78, 5) is 29.6. The molecular weight excluding hydrogens is 390 g/mol. The molecule has 2 heterocycles. The third-order valence-electron chi connectivity index (χ3n) is 6.21. The Bertz CT molecular complexity index is 1010. The quantitative estimate of drug-likeness (QED) is 0.834. The van der Waals surface area contributed by atoms with Crippen LogP contribution < -0.4 is 0 Å². The van der Waals surface area contributed by atoms with Crippen LogP contribution in [0.15, 0.2) is 36.4 Å². The van der Waals surface area contributed by atoms with Gasteiger partial charge in [0.2, 0.25) is 5.91 Å². The molecular formula is C23H24F2N2O3. The van der Waals surface area contributed by atoms with Gasteiger partial charge in [-0.1, -0.05) is 17.7 Å². The van der Waals surface area contributed by atoms with E-state index in [0.29, 0.717) is 38.0 Å². The number of phenols is 1. The van der Waals surface area contributed by atoms with Gasteiger partial charge >= 0.3 is 0 Å². The molecule has 7 heteroatoms. The van der Waals surface area contributed by atoms with E-state index in [1.807, 2.05) is 6.92 Å². The third-order valence-corrected chi connectivity index (χ3v) is 6.21. The minimum Gasteiger partial charge on any atom is -0.507 e. The molecule has 158 valence electrons. The van der Waals surface area contributed by atoms with Crippen molar-refractivity contribution in [3.05, 3.63) is 64.7 Å². The molecule has 2 aromatic rings. The van der Waals surface area contributed by atoms with Crippen LogP contribution in [0.4, 0.5) is 8.78 Å². The number of hydrogen-bond donors (Lipinski definition) is 1. The van der Waals surface area contributed by atoms with Crippen molar-refractivity contribution < 1.29 is 23.5 Å². The second kappa shape index (κ2) is 7.70. The number of benzene rings is 2. The van der Waals surface area contributed by atoms with E-state index in [1.54, 1.807) is 21.9 Å². The fourth-order valence-corrected chi connectivity index (χ4v) is 4.58. The molecule has 0 saturated carbocycles. The first-order chi connectivity index (χ1) is 14.3. The van der Waals surface area contributed by atoms with Crippen molar-refractivity contribution in [1.29, 1.82) is 0 Å². The Morgan fingerprint density at radius 1 is 1.10 bits per heavy atom. The van der Waals surface area contributed by atoms with Crippen LogP contribution in [0.5, 0.6) is 5.75 Å². The van der Waals surface area contributed by atoms with Gasteiger partial charge in [0, 0.05) is 26.2 Å². The van der Waals surface area contributed by atoms with Crippen molar-refractivity contribution in [2.24, 2.45) is 5.41 Å². The summed E-state index contributed by atoms with van der Waals surface area (Å²) in [5.74, 6) is -2.24. The fraction of sp³-hybridized carbons (Fsp3) is 0.391. The summed E-state index contributed by atoms with van der Waals surface area (Å²) in [6.07, 6.45) is 2.02. The molecule has 2 fully saturated rings. The van der Waals surface area contributed by atoms with Gasteiger partial charge in [0.05, 0.1) is 11.0 Å². The fourth-order valence-electron chi connectivity index (χ4n) is 4.58. The maximum absolute atomic E-state index is 13.5. The molecule has 0 aromatic heterocycles. The van der Waals surface area contributed by atoms with E-state index in [0.717, 1.165) is 24.1 Å². The topological polar surface area (TPSA) is 60.9 Å². The molecule has 1 N–H and O–H groups in total. The number of carbonyl (C=O) groups is 2. The van der Waals surface area contributed by atoms with Crippen molar-refractivity contribution >= 4 is 11.8 Å². The Kier molecular flexibility index (Phi) is 5.22. The highest BCUT2D eigenvalue weighted by Gasteiger charge is 2.49. The normalized spacial score (nSPS) is 21.5. The van der Waals surface area contributed by atoms with Crippen molar-refractivity contribution in [2.75, 3.05) is 19.6 Å². The number of nitrogens with zero attached hydrogens (tertiary/aromatic N) is 2. The zero-order valence-corrected chi connectivity index (χ0v) is 16.8. The van der Waals surface area contributed by atoms with Gasteiger partial charge in [-0.2, -0.15) is 0 Å². The first-order valence-corrected chi connectivity index (χ1v) is 10.1. The van der Waals surface area contributed by atoms with Gasteiger partial charge in [0.25, 0.3) is 5.91 Å². The van der Waals surface area contributed by atoms with Crippen LogP contribution in [0, 0.1) is 24.0 Å². The summed E-state index contributed by atoms with van der Waals surface area (Å²) in [5, 5.41) is 10.1. The molecule has 4 rings (SSSR count). The Morgan fingerprint density at radius 3 is 2.67 bits per heavy atom. The van der Waals surface area contributed by atoms with E-state index in [1.165, 1.54) is 12.1 Å². The van der Waals surface area contributed by atoms with Crippen LogP contribution in [-0.4, -0.2) is 46.4 Å². The summed E-state index contributed by atoms with van der Waals surface area (Å²) in [5.41, 5.74) is 0.992. The lowest BCUT2D eigenvalue weighted by molar-refractivity contribution is -0.146. The van der Waals surface area contributed by atoms with Gasteiger partial charge in [-0.05, 0) is 56.0 Å². The standard InChI is InChI=1S/C23H24F2N2O3/c1-15-3-6-20(28)17(11-15)21(29)27-10-8-23(14-27)7-2-9-26(22(23)30)13-16-4-5-18(24)19(25)12-16/h3-6,11-12,28H,2,7-10,13-14H2,1H3/t23-/m0/s1. The number of phenolic OH excluding ortho intramolecular Hbond substituents is 1. The van der Waals surface area contributed by atoms with E-state index < -0.39 is 17.0 Å². The molecule has 0 unspecified atom stereocenters. The molecule has 30 heavy (non-hydrogen) atoms. The summed E-state index contributed by atoms with van der Waals surface area (Å²) >= 11 is 0. The van der Waals surface area contributed by atoms with Crippen molar-refractivity contribution in [3.8, 4) is 5.75 Å². The molecule has 2 aliphatic heterocycles. The van der Waals surface area contributed by atoms with Crippen LogP contribution in [0.1, 0.15) is 40.7 Å². The van der Waals surface area contributed by atoms with Gasteiger partial charge in [0.15, 0.2) is 11.6 Å². The zero-order valence-electron chi connectivity index (χ0n) is 16.8. The van der Waals surface area contributed by atoms with Crippen molar-refractivity contribution in [1.82, 2.24) is 9.80 Å². The number of amides is 2. The summed E-state index contributed by atoms with van der Waals surface area (Å²) in [6.45, 7) is 3.35. The number of carbonyl (C=O) groups excluding carboxylic acids is 2. The molecule has 2 amide bonds. The lowest BCUT2D eigenvalue weighted by atomic mass is 9.78. The number of halogens is 2. The van der Waals surface area contributed by atoms with Crippen molar-refractivity contribution in [2.45, 2.75) is 32.7 Å². The molecule has 0 radical (unpaired) electrons. The van der Waals surface area contributed by atoms with Crippen LogP contribution in [0.2, 0.25) is 0 Å². The van der Waals surface area contributed by atoms with Gasteiger partial charge in [-0.25, -0.2) is 8.78 Å². The lowest BCUT2D eigenvalue weighted by Crippen LogP contribution is -2.50. The summed E-state index contributed by atoms with van der Waals surface area (Å²) in [7, 11) is 0. The van der Waals surface area contributed by atoms with Crippen LogP contribution in [-0.2, 0) is 11.3 Å². The average Bonchev–Trinajstić information content (AvgIpc) is 3.15. The Labute approximate surface area is 173 Å². The molecule has 0 bridgehead atoms. The Hall–Kier alpha value is -2.96. The molecule has 1 spiro atoms. The molecule has 1 atom stereocenters. The first-order valence-electron chi connectivity index (χ1n) is 10.1. The summed E-state index contributed by atoms with van der Waals surface area (Å²) in [6, 6.07) is 8.56. The average molecular weight is 414 g/mol. The molecule has 2 aliphatic rings. The maximum atomic E-state index is 13.5. The number of aromatic hydroxyl groups is 1. The number of aryl methyl sites for hydroxylation is 1. The van der Waals surface area contributed by atoms with E-state index >= 15 is 0 Å². The highest BCUT2D eigenvalue weighted by molar-refractivity contribution is 5.98. The number of likely N-dealkylation sites (tertiary alicyclic amines) is 2. The van der Waals surface area contributed by atoms with Gasteiger partial charge in [-0.3, -0.25) is 9.59 Å². The predicted octanol–water partition coefficient (Wildman–Crippen LogP) is 3.63. The number of piperidine rings is 1. The smallest absolute Gasteiger partial charge is 0.257 e. The monoisotopic (exact) mass is 414 g/mol. The second-order valence-electron chi connectivity index (χ2n) is 8.36. The Morgan fingerprint density at radius 2 is 1.90 bits per heavy atom. The van der Waals surface area contributed by atoms with E-state index in [4.69, 9.17) is 0 Å². The minimum absolute atomic E-state index is 0.0535. The van der Waals surface area contributed by atoms with Crippen molar-refractivity contribution in [3.63, 3.8) is 0 Å². The molecule has 2 aromatic carbocycles. The van der Waals surface area contributed by atoms with E-state index in [-0.39, 0.29) is 29.7 Å². The molecule has 2 saturated heterocycles. The second-order valence-corrected chi connectivity index (χ2v) is 8.36.